The lowest BCUT2D eigenvalue weighted by molar-refractivity contribution is -0.126. The first-order valence-corrected chi connectivity index (χ1v) is 4.24. The zero-order chi connectivity index (χ0) is 9.61. The number of primary amides is 1. The van der Waals surface area contributed by atoms with Gasteiger partial charge in [-0.15, -0.1) is 12.3 Å². The molecule has 0 aliphatic rings. The second-order valence-electron chi connectivity index (χ2n) is 3.66. The van der Waals surface area contributed by atoms with E-state index in [9.17, 15) is 4.79 Å². The SMILES string of the molecule is C#CCCCCC(C)(C)C(N)=O. The number of terminal acetylenes is 1. The van der Waals surface area contributed by atoms with Gasteiger partial charge in [-0.2, -0.15) is 0 Å². The summed E-state index contributed by atoms with van der Waals surface area (Å²) in [7, 11) is 0. The van der Waals surface area contributed by atoms with Crippen LogP contribution in [0.25, 0.3) is 0 Å². The first-order valence-electron chi connectivity index (χ1n) is 4.24. The number of hydrogen-bond acceptors (Lipinski definition) is 1. The van der Waals surface area contributed by atoms with E-state index in [2.05, 4.69) is 5.92 Å². The first kappa shape index (κ1) is 11.0. The van der Waals surface area contributed by atoms with Gasteiger partial charge in [-0.25, -0.2) is 0 Å². The Morgan fingerprint density at radius 3 is 2.50 bits per heavy atom. The fourth-order valence-corrected chi connectivity index (χ4v) is 0.917. The summed E-state index contributed by atoms with van der Waals surface area (Å²) in [6, 6.07) is 0. The van der Waals surface area contributed by atoms with E-state index in [1.807, 2.05) is 13.8 Å². The average Bonchev–Trinajstić information content (AvgIpc) is 1.98. The van der Waals surface area contributed by atoms with Crippen molar-refractivity contribution < 1.29 is 4.79 Å². The van der Waals surface area contributed by atoms with Crippen LogP contribution in [0.3, 0.4) is 0 Å². The predicted octanol–water partition coefficient (Wildman–Crippen LogP) is 1.69. The van der Waals surface area contributed by atoms with Crippen molar-refractivity contribution in [1.29, 1.82) is 0 Å². The van der Waals surface area contributed by atoms with Gasteiger partial charge in [-0.3, -0.25) is 4.79 Å². The summed E-state index contributed by atoms with van der Waals surface area (Å²) in [6.45, 7) is 3.73. The maximum atomic E-state index is 10.9. The predicted molar refractivity (Wildman–Crippen MR) is 50.3 cm³/mol. The Kier molecular flexibility index (Phi) is 4.43. The summed E-state index contributed by atoms with van der Waals surface area (Å²) in [5.74, 6) is 2.33. The van der Waals surface area contributed by atoms with Crippen molar-refractivity contribution >= 4 is 5.91 Å². The first-order chi connectivity index (χ1) is 5.50. The standard InChI is InChI=1S/C10H17NO/c1-4-5-6-7-8-10(2,3)9(11)12/h1H,5-8H2,2-3H3,(H2,11,12). The van der Waals surface area contributed by atoms with Gasteiger partial charge in [0.05, 0.1) is 0 Å². The molecule has 2 nitrogen and oxygen atoms in total. The molecule has 2 N–H and O–H groups in total. The highest BCUT2D eigenvalue weighted by Gasteiger charge is 2.23. The maximum absolute atomic E-state index is 10.9. The second-order valence-corrected chi connectivity index (χ2v) is 3.66. The molecular formula is C10H17NO. The van der Waals surface area contributed by atoms with E-state index >= 15 is 0 Å². The number of carbonyl (C=O) groups excluding carboxylic acids is 1. The highest BCUT2D eigenvalue weighted by molar-refractivity contribution is 5.79. The molecule has 0 radical (unpaired) electrons. The summed E-state index contributed by atoms with van der Waals surface area (Å²) >= 11 is 0. The Bertz CT molecular complexity index is 189. The molecule has 0 fully saturated rings. The molecule has 12 heavy (non-hydrogen) atoms. The lowest BCUT2D eigenvalue weighted by atomic mass is 9.86. The van der Waals surface area contributed by atoms with Crippen molar-refractivity contribution in [2.24, 2.45) is 11.1 Å². The summed E-state index contributed by atoms with van der Waals surface area (Å²) in [5, 5.41) is 0. The largest absolute Gasteiger partial charge is 0.369 e. The number of rotatable bonds is 5. The summed E-state index contributed by atoms with van der Waals surface area (Å²) < 4.78 is 0. The Morgan fingerprint density at radius 2 is 2.08 bits per heavy atom. The molecule has 0 aromatic carbocycles. The molecule has 1 amide bonds. The van der Waals surface area contributed by atoms with Crippen LogP contribution < -0.4 is 5.73 Å². The third-order valence-electron chi connectivity index (χ3n) is 2.04. The van der Waals surface area contributed by atoms with E-state index in [0.717, 1.165) is 25.7 Å². The minimum absolute atomic E-state index is 0.233. The Morgan fingerprint density at radius 1 is 1.50 bits per heavy atom. The Labute approximate surface area is 74.5 Å². The maximum Gasteiger partial charge on any atom is 0.223 e. The molecule has 0 unspecified atom stereocenters. The lowest BCUT2D eigenvalue weighted by Gasteiger charge is -2.19. The molecule has 0 aliphatic heterocycles. The van der Waals surface area contributed by atoms with Crippen LogP contribution in [0.2, 0.25) is 0 Å². The molecule has 0 atom stereocenters. The zero-order valence-corrected chi connectivity index (χ0v) is 7.89. The van der Waals surface area contributed by atoms with Crippen molar-refractivity contribution in [2.45, 2.75) is 39.5 Å². The van der Waals surface area contributed by atoms with E-state index < -0.39 is 0 Å². The minimum atomic E-state index is -0.380. The van der Waals surface area contributed by atoms with Crippen molar-refractivity contribution in [2.75, 3.05) is 0 Å². The molecule has 0 aliphatic carbocycles. The van der Waals surface area contributed by atoms with Gasteiger partial charge < -0.3 is 5.73 Å². The summed E-state index contributed by atoms with van der Waals surface area (Å²) in [4.78, 5) is 10.9. The van der Waals surface area contributed by atoms with Gasteiger partial charge in [0.25, 0.3) is 0 Å². The zero-order valence-electron chi connectivity index (χ0n) is 7.89. The topological polar surface area (TPSA) is 43.1 Å². The van der Waals surface area contributed by atoms with Gasteiger partial charge in [-0.1, -0.05) is 20.3 Å². The van der Waals surface area contributed by atoms with Crippen molar-refractivity contribution in [3.8, 4) is 12.3 Å². The Hall–Kier alpha value is -0.970. The van der Waals surface area contributed by atoms with Crippen LogP contribution in [0.1, 0.15) is 39.5 Å². The van der Waals surface area contributed by atoms with Gasteiger partial charge in [0.15, 0.2) is 0 Å². The molecule has 0 aromatic heterocycles. The normalized spacial score (nSPS) is 10.8. The number of unbranched alkanes of at least 4 members (excludes halogenated alkanes) is 2. The molecule has 0 heterocycles. The highest BCUT2D eigenvalue weighted by Crippen LogP contribution is 2.22. The molecule has 0 bridgehead atoms. The second kappa shape index (κ2) is 4.82. The molecule has 0 spiro atoms. The van der Waals surface area contributed by atoms with Crippen LogP contribution in [0.4, 0.5) is 0 Å². The third-order valence-corrected chi connectivity index (χ3v) is 2.04. The van der Waals surface area contributed by atoms with Gasteiger partial charge in [0, 0.05) is 11.8 Å². The highest BCUT2D eigenvalue weighted by atomic mass is 16.1. The number of amides is 1. The molecule has 0 aromatic rings. The monoisotopic (exact) mass is 167 g/mol. The van der Waals surface area contributed by atoms with Crippen LogP contribution in [0.5, 0.6) is 0 Å². The number of nitrogens with two attached hydrogens (primary N) is 1. The van der Waals surface area contributed by atoms with E-state index in [4.69, 9.17) is 12.2 Å². The van der Waals surface area contributed by atoms with E-state index in [0.29, 0.717) is 0 Å². The average molecular weight is 167 g/mol. The fourth-order valence-electron chi connectivity index (χ4n) is 0.917. The third kappa shape index (κ3) is 4.02. The molecule has 68 valence electrons. The summed E-state index contributed by atoms with van der Waals surface area (Å²) in [6.07, 6.45) is 8.66. The van der Waals surface area contributed by atoms with E-state index in [-0.39, 0.29) is 11.3 Å². The van der Waals surface area contributed by atoms with Crippen LogP contribution in [0, 0.1) is 17.8 Å². The number of carbonyl (C=O) groups is 1. The van der Waals surface area contributed by atoms with Gasteiger partial charge in [0.1, 0.15) is 0 Å². The molecular weight excluding hydrogens is 150 g/mol. The van der Waals surface area contributed by atoms with Crippen LogP contribution in [0.15, 0.2) is 0 Å². The quantitative estimate of drug-likeness (QED) is 0.491. The van der Waals surface area contributed by atoms with Gasteiger partial charge in [-0.05, 0) is 12.8 Å². The van der Waals surface area contributed by atoms with E-state index in [1.165, 1.54) is 0 Å². The van der Waals surface area contributed by atoms with Gasteiger partial charge >= 0.3 is 0 Å². The van der Waals surface area contributed by atoms with Crippen molar-refractivity contribution in [3.05, 3.63) is 0 Å². The lowest BCUT2D eigenvalue weighted by Crippen LogP contribution is -2.31. The van der Waals surface area contributed by atoms with Crippen LogP contribution in [-0.2, 0) is 4.79 Å². The molecule has 2 heteroatoms. The minimum Gasteiger partial charge on any atom is -0.369 e. The van der Waals surface area contributed by atoms with Crippen LogP contribution in [-0.4, -0.2) is 5.91 Å². The van der Waals surface area contributed by atoms with Crippen LogP contribution >= 0.6 is 0 Å². The number of hydrogen-bond donors (Lipinski definition) is 1. The van der Waals surface area contributed by atoms with Crippen molar-refractivity contribution in [3.63, 3.8) is 0 Å². The Balaban J connectivity index is 3.63. The van der Waals surface area contributed by atoms with E-state index in [1.54, 1.807) is 0 Å². The smallest absolute Gasteiger partial charge is 0.223 e. The summed E-state index contributed by atoms with van der Waals surface area (Å²) in [5.41, 5.74) is 4.83. The fraction of sp³-hybridized carbons (Fsp3) is 0.700. The molecule has 0 rings (SSSR count). The molecule has 0 saturated heterocycles. The van der Waals surface area contributed by atoms with Crippen molar-refractivity contribution in [1.82, 2.24) is 0 Å². The van der Waals surface area contributed by atoms with Gasteiger partial charge in [0.2, 0.25) is 5.91 Å². The molecule has 0 saturated carbocycles.